The summed E-state index contributed by atoms with van der Waals surface area (Å²) in [7, 11) is 0. The largest absolute Gasteiger partial charge is 0.356 e. The lowest BCUT2D eigenvalue weighted by Crippen LogP contribution is -2.48. The normalized spacial score (nSPS) is 34.6. The molecule has 1 N–H and O–H groups in total. The van der Waals surface area contributed by atoms with E-state index >= 15 is 0 Å². The Bertz CT molecular complexity index is 545. The second-order valence-electron chi connectivity index (χ2n) is 8.32. The lowest BCUT2D eigenvalue weighted by molar-refractivity contribution is -0.129. The zero-order chi connectivity index (χ0) is 15.9. The van der Waals surface area contributed by atoms with Gasteiger partial charge in [-0.2, -0.15) is 0 Å². The van der Waals surface area contributed by atoms with Gasteiger partial charge >= 0.3 is 0 Å². The van der Waals surface area contributed by atoms with Crippen molar-refractivity contribution in [2.45, 2.75) is 51.4 Å². The van der Waals surface area contributed by atoms with Gasteiger partial charge in [-0.05, 0) is 85.8 Å². The van der Waals surface area contributed by atoms with E-state index in [0.717, 1.165) is 42.2 Å². The zero-order valence-corrected chi connectivity index (χ0v) is 14.4. The molecule has 0 radical (unpaired) electrons. The summed E-state index contributed by atoms with van der Waals surface area (Å²) in [4.78, 5) is 12.4. The van der Waals surface area contributed by atoms with Crippen LogP contribution in [0.25, 0.3) is 0 Å². The molecule has 0 aliphatic heterocycles. The van der Waals surface area contributed by atoms with E-state index in [0.29, 0.717) is 5.41 Å². The molecular formula is C20H26ClNO. The first-order chi connectivity index (χ1) is 11.1. The van der Waals surface area contributed by atoms with Gasteiger partial charge in [0.25, 0.3) is 0 Å². The van der Waals surface area contributed by atoms with Crippen LogP contribution < -0.4 is 5.32 Å². The smallest absolute Gasteiger partial charge is 0.220 e. The summed E-state index contributed by atoms with van der Waals surface area (Å²) in [5, 5.41) is 3.91. The highest BCUT2D eigenvalue weighted by Gasteiger charge is 2.51. The van der Waals surface area contributed by atoms with Crippen LogP contribution in [0.3, 0.4) is 0 Å². The molecule has 0 spiro atoms. The first kappa shape index (κ1) is 15.5. The van der Waals surface area contributed by atoms with E-state index in [2.05, 4.69) is 5.32 Å². The maximum atomic E-state index is 12.4. The van der Waals surface area contributed by atoms with E-state index in [4.69, 9.17) is 11.6 Å². The van der Waals surface area contributed by atoms with Gasteiger partial charge in [-0.3, -0.25) is 4.79 Å². The molecular weight excluding hydrogens is 306 g/mol. The number of carbonyl (C=O) groups excluding carboxylic acids is 1. The van der Waals surface area contributed by atoms with Crippen molar-refractivity contribution in [1.29, 1.82) is 0 Å². The molecule has 4 fully saturated rings. The van der Waals surface area contributed by atoms with E-state index in [9.17, 15) is 4.79 Å². The molecule has 23 heavy (non-hydrogen) atoms. The van der Waals surface area contributed by atoms with Crippen LogP contribution in [0.1, 0.15) is 50.5 Å². The Kier molecular flexibility index (Phi) is 4.13. The SMILES string of the molecule is O=C(CC12CC3CC(CC(C3)C1)C2)NCCc1ccc(Cl)cc1. The Morgan fingerprint density at radius 1 is 1.04 bits per heavy atom. The molecule has 0 aromatic heterocycles. The summed E-state index contributed by atoms with van der Waals surface area (Å²) in [6, 6.07) is 7.89. The fraction of sp³-hybridized carbons (Fsp3) is 0.650. The Morgan fingerprint density at radius 3 is 2.17 bits per heavy atom. The molecule has 4 bridgehead atoms. The number of benzene rings is 1. The van der Waals surface area contributed by atoms with Crippen molar-refractivity contribution in [1.82, 2.24) is 5.32 Å². The number of carbonyl (C=O) groups is 1. The fourth-order valence-corrected chi connectivity index (χ4v) is 6.03. The van der Waals surface area contributed by atoms with E-state index in [1.54, 1.807) is 0 Å². The van der Waals surface area contributed by atoms with Gasteiger partial charge in [-0.15, -0.1) is 0 Å². The van der Waals surface area contributed by atoms with Crippen LogP contribution in [0.2, 0.25) is 5.02 Å². The predicted octanol–water partition coefficient (Wildman–Crippen LogP) is 4.61. The number of amides is 1. The second kappa shape index (κ2) is 6.12. The van der Waals surface area contributed by atoms with Gasteiger partial charge in [0.15, 0.2) is 0 Å². The topological polar surface area (TPSA) is 29.1 Å². The van der Waals surface area contributed by atoms with Crippen LogP contribution in [-0.4, -0.2) is 12.5 Å². The quantitative estimate of drug-likeness (QED) is 0.839. The molecule has 0 saturated heterocycles. The van der Waals surface area contributed by atoms with Crippen molar-refractivity contribution in [2.75, 3.05) is 6.54 Å². The van der Waals surface area contributed by atoms with Gasteiger partial charge < -0.3 is 5.32 Å². The molecule has 124 valence electrons. The van der Waals surface area contributed by atoms with Crippen molar-refractivity contribution < 1.29 is 4.79 Å². The van der Waals surface area contributed by atoms with Crippen molar-refractivity contribution >= 4 is 17.5 Å². The maximum Gasteiger partial charge on any atom is 0.220 e. The average Bonchev–Trinajstić information content (AvgIpc) is 2.47. The van der Waals surface area contributed by atoms with Gasteiger partial charge in [0.05, 0.1) is 0 Å². The third-order valence-corrected chi connectivity index (χ3v) is 6.60. The number of rotatable bonds is 5. The molecule has 2 nitrogen and oxygen atoms in total. The average molecular weight is 332 g/mol. The molecule has 4 aliphatic carbocycles. The highest BCUT2D eigenvalue weighted by atomic mass is 35.5. The van der Waals surface area contributed by atoms with Crippen LogP contribution in [0.4, 0.5) is 0 Å². The number of nitrogens with one attached hydrogen (secondary N) is 1. The summed E-state index contributed by atoms with van der Waals surface area (Å²) >= 11 is 5.90. The first-order valence-corrected chi connectivity index (χ1v) is 9.49. The second-order valence-corrected chi connectivity index (χ2v) is 8.76. The van der Waals surface area contributed by atoms with Gasteiger partial charge in [0.1, 0.15) is 0 Å². The third kappa shape index (κ3) is 3.42. The molecule has 4 saturated carbocycles. The summed E-state index contributed by atoms with van der Waals surface area (Å²) in [6.07, 6.45) is 9.89. The van der Waals surface area contributed by atoms with Gasteiger partial charge in [-0.1, -0.05) is 23.7 Å². The van der Waals surface area contributed by atoms with Crippen molar-refractivity contribution in [3.05, 3.63) is 34.9 Å². The van der Waals surface area contributed by atoms with E-state index < -0.39 is 0 Å². The Morgan fingerprint density at radius 2 is 1.61 bits per heavy atom. The standard InChI is InChI=1S/C20H26ClNO/c21-18-3-1-14(2-4-18)5-6-22-19(23)13-20-10-15-7-16(11-20)9-17(8-15)12-20/h1-4,15-17H,5-13H2,(H,22,23). The molecule has 5 rings (SSSR count). The van der Waals surface area contributed by atoms with Gasteiger partial charge in [0.2, 0.25) is 5.91 Å². The molecule has 0 atom stereocenters. The molecule has 1 aromatic rings. The van der Waals surface area contributed by atoms with E-state index in [1.165, 1.54) is 44.1 Å². The minimum absolute atomic E-state index is 0.265. The van der Waals surface area contributed by atoms with Crippen LogP contribution in [0, 0.1) is 23.2 Å². The van der Waals surface area contributed by atoms with Crippen LogP contribution in [0.15, 0.2) is 24.3 Å². The highest BCUT2D eigenvalue weighted by molar-refractivity contribution is 6.30. The van der Waals surface area contributed by atoms with Crippen LogP contribution in [-0.2, 0) is 11.2 Å². The summed E-state index contributed by atoms with van der Waals surface area (Å²) < 4.78 is 0. The van der Waals surface area contributed by atoms with Crippen molar-refractivity contribution in [3.63, 3.8) is 0 Å². The van der Waals surface area contributed by atoms with Crippen molar-refractivity contribution in [2.24, 2.45) is 23.2 Å². The Labute approximate surface area is 144 Å². The minimum Gasteiger partial charge on any atom is -0.356 e. The lowest BCUT2D eigenvalue weighted by atomic mass is 9.49. The molecule has 0 unspecified atom stereocenters. The predicted molar refractivity (Wildman–Crippen MR) is 93.4 cm³/mol. The van der Waals surface area contributed by atoms with Crippen molar-refractivity contribution in [3.8, 4) is 0 Å². The van der Waals surface area contributed by atoms with Crippen LogP contribution >= 0.6 is 11.6 Å². The highest BCUT2D eigenvalue weighted by Crippen LogP contribution is 2.61. The van der Waals surface area contributed by atoms with E-state index in [1.807, 2.05) is 24.3 Å². The first-order valence-electron chi connectivity index (χ1n) is 9.11. The molecule has 1 aromatic carbocycles. The van der Waals surface area contributed by atoms with E-state index in [-0.39, 0.29) is 5.91 Å². The fourth-order valence-electron chi connectivity index (χ4n) is 5.91. The molecule has 4 aliphatic rings. The Hall–Kier alpha value is -1.02. The zero-order valence-electron chi connectivity index (χ0n) is 13.7. The number of halogens is 1. The number of hydrogen-bond acceptors (Lipinski definition) is 1. The Balaban J connectivity index is 1.28. The lowest BCUT2D eigenvalue weighted by Gasteiger charge is -2.56. The monoisotopic (exact) mass is 331 g/mol. The summed E-state index contributed by atoms with van der Waals surface area (Å²) in [5.74, 6) is 3.02. The summed E-state index contributed by atoms with van der Waals surface area (Å²) in [5.41, 5.74) is 1.57. The maximum absolute atomic E-state index is 12.4. The third-order valence-electron chi connectivity index (χ3n) is 6.35. The summed E-state index contributed by atoms with van der Waals surface area (Å²) in [6.45, 7) is 0.729. The molecule has 1 amide bonds. The van der Waals surface area contributed by atoms with Gasteiger partial charge in [-0.25, -0.2) is 0 Å². The number of hydrogen-bond donors (Lipinski definition) is 1. The molecule has 0 heterocycles. The van der Waals surface area contributed by atoms with Crippen LogP contribution in [0.5, 0.6) is 0 Å². The molecule has 3 heteroatoms. The van der Waals surface area contributed by atoms with Gasteiger partial charge in [0, 0.05) is 18.0 Å². The minimum atomic E-state index is 0.265.